The van der Waals surface area contributed by atoms with Crippen LogP contribution in [0.5, 0.6) is 0 Å². The van der Waals surface area contributed by atoms with Gasteiger partial charge in [-0.15, -0.1) is 0 Å². The number of hydrogen-bond acceptors (Lipinski definition) is 5. The highest BCUT2D eigenvalue weighted by molar-refractivity contribution is 8.96. The summed E-state index contributed by atoms with van der Waals surface area (Å²) in [4.78, 5) is -0.320. The molecule has 1 N–H and O–H groups in total. The average molecular weight is 357 g/mol. The van der Waals surface area contributed by atoms with Crippen molar-refractivity contribution in [3.8, 4) is 0 Å². The molecular weight excluding hydrogens is 342 g/mol. The van der Waals surface area contributed by atoms with Gasteiger partial charge in [0.1, 0.15) is 8.76 Å². The van der Waals surface area contributed by atoms with E-state index in [1.165, 1.54) is 24.3 Å². The Hall–Kier alpha value is -1.51. The van der Waals surface area contributed by atoms with Crippen LogP contribution < -0.4 is 0 Å². The van der Waals surface area contributed by atoms with Crippen molar-refractivity contribution in [3.63, 3.8) is 0 Å². The van der Waals surface area contributed by atoms with Gasteiger partial charge in [0.25, 0.3) is 17.7 Å². The molecule has 2 aromatic rings. The molecule has 0 saturated heterocycles. The van der Waals surface area contributed by atoms with E-state index in [1.54, 1.807) is 38.1 Å². The highest BCUT2D eigenvalue weighted by atomic mass is 33.5. The van der Waals surface area contributed by atoms with Gasteiger partial charge in [0, 0.05) is 0 Å². The van der Waals surface area contributed by atoms with Gasteiger partial charge in [-0.2, -0.15) is 0 Å². The molecule has 0 atom stereocenters. The number of hydrogen-bond donors (Lipinski definition) is 1. The van der Waals surface area contributed by atoms with Gasteiger partial charge in [-0.05, 0) is 38.1 Å². The Morgan fingerprint density at radius 2 is 0.955 bits per heavy atom. The summed E-state index contributed by atoms with van der Waals surface area (Å²) in [6.07, 6.45) is 0. The van der Waals surface area contributed by atoms with E-state index in [0.717, 1.165) is 11.1 Å². The van der Waals surface area contributed by atoms with Crippen LogP contribution in [0.3, 0.4) is 0 Å². The van der Waals surface area contributed by atoms with Crippen LogP contribution in [-0.4, -0.2) is 16.8 Å². The highest BCUT2D eigenvalue weighted by Crippen LogP contribution is 2.25. The number of nitrogens with one attached hydrogen (secondary N) is 1. The average Bonchev–Trinajstić information content (AvgIpc) is 2.47. The van der Waals surface area contributed by atoms with Gasteiger partial charge >= 0.3 is 0 Å². The molecule has 0 aliphatic rings. The van der Waals surface area contributed by atoms with Crippen LogP contribution in [0.25, 0.3) is 0 Å². The minimum Gasteiger partial charge on any atom is -0.251 e. The maximum atomic E-state index is 12.4. The molecule has 0 aliphatic heterocycles. The highest BCUT2D eigenvalue weighted by Gasteiger charge is 2.32. The van der Waals surface area contributed by atoms with Crippen molar-refractivity contribution >= 4 is 26.5 Å². The molecule has 118 valence electrons. The van der Waals surface area contributed by atoms with E-state index < -0.39 is 26.5 Å². The van der Waals surface area contributed by atoms with Crippen LogP contribution in [0.4, 0.5) is 0 Å². The molecule has 2 aromatic carbocycles. The molecule has 0 aromatic heterocycles. The van der Waals surface area contributed by atoms with Gasteiger partial charge in [-0.3, -0.25) is 4.78 Å². The van der Waals surface area contributed by atoms with Crippen LogP contribution in [0.1, 0.15) is 11.1 Å². The fourth-order valence-corrected chi connectivity index (χ4v) is 9.19. The number of aryl methyl sites for hydroxylation is 2. The Labute approximate surface area is 131 Å². The van der Waals surface area contributed by atoms with Gasteiger partial charge in [-0.1, -0.05) is 35.4 Å². The normalized spacial score (nSPS) is 12.5. The van der Waals surface area contributed by atoms with Crippen molar-refractivity contribution in [3.05, 3.63) is 59.7 Å². The summed E-state index contributed by atoms with van der Waals surface area (Å²) in [5, 5.41) is 0. The Morgan fingerprint density at radius 3 is 1.23 bits per heavy atom. The number of rotatable bonds is 4. The molecule has 0 heterocycles. The van der Waals surface area contributed by atoms with Crippen molar-refractivity contribution in [2.24, 2.45) is 0 Å². The lowest BCUT2D eigenvalue weighted by Gasteiger charge is -2.09. The predicted octanol–water partition coefficient (Wildman–Crippen LogP) is 2.76. The number of benzene rings is 2. The Kier molecular flexibility index (Phi) is 4.55. The molecule has 0 spiro atoms. The summed E-state index contributed by atoms with van der Waals surface area (Å²) in [6.45, 7) is 3.58. The monoisotopic (exact) mass is 357 g/mol. The minimum atomic E-state index is -4.27. The van der Waals surface area contributed by atoms with E-state index in [0.29, 0.717) is 0 Å². The topological polar surface area (TPSA) is 92.1 Å². The van der Waals surface area contributed by atoms with Crippen molar-refractivity contribution < 1.29 is 16.8 Å². The van der Waals surface area contributed by atoms with E-state index in [2.05, 4.69) is 0 Å². The van der Waals surface area contributed by atoms with Crippen molar-refractivity contribution in [1.82, 2.24) is 0 Å². The molecule has 22 heavy (non-hydrogen) atoms. The van der Waals surface area contributed by atoms with E-state index in [9.17, 15) is 16.8 Å². The summed E-state index contributed by atoms with van der Waals surface area (Å²) < 4.78 is 57.3. The first kappa shape index (κ1) is 16.9. The first-order chi connectivity index (χ1) is 10.2. The maximum absolute atomic E-state index is 12.4. The molecule has 0 amide bonds. The Morgan fingerprint density at radius 1 is 0.682 bits per heavy atom. The quantitative estimate of drug-likeness (QED) is 0.852. The van der Waals surface area contributed by atoms with Gasteiger partial charge < -0.3 is 0 Å². The Balaban J connectivity index is 2.50. The zero-order valence-electron chi connectivity index (χ0n) is 12.0. The van der Waals surface area contributed by atoms with Gasteiger partial charge in [0.15, 0.2) is 0 Å². The van der Waals surface area contributed by atoms with Gasteiger partial charge in [-0.25, -0.2) is 16.8 Å². The zero-order valence-corrected chi connectivity index (χ0v) is 14.4. The molecule has 2 rings (SSSR count). The molecule has 0 saturated carbocycles. The second-order valence-corrected chi connectivity index (χ2v) is 13.3. The van der Waals surface area contributed by atoms with Crippen molar-refractivity contribution in [2.45, 2.75) is 23.6 Å². The Bertz CT molecular complexity index is 836. The fraction of sp³-hybridized carbons (Fsp3) is 0.143. The summed E-state index contributed by atoms with van der Waals surface area (Å²) >= 11 is 0. The van der Waals surface area contributed by atoms with Crippen molar-refractivity contribution in [1.29, 1.82) is 4.78 Å². The van der Waals surface area contributed by atoms with Gasteiger partial charge in [0.2, 0.25) is 0 Å². The zero-order chi connectivity index (χ0) is 16.5. The molecule has 8 heteroatoms. The maximum Gasteiger partial charge on any atom is 0.253 e. The van der Waals surface area contributed by atoms with E-state index in [-0.39, 0.29) is 9.79 Å². The smallest absolute Gasteiger partial charge is 0.251 e. The van der Waals surface area contributed by atoms with Crippen molar-refractivity contribution in [2.75, 3.05) is 0 Å². The molecule has 0 radical (unpaired) electrons. The third-order valence-electron chi connectivity index (χ3n) is 3.02. The third kappa shape index (κ3) is 3.13. The molecule has 0 fully saturated rings. The summed E-state index contributed by atoms with van der Waals surface area (Å²) in [5.41, 5.74) is 1.70. The largest absolute Gasteiger partial charge is 0.253 e. The minimum absolute atomic E-state index is 0.160. The van der Waals surface area contributed by atoms with E-state index in [1.807, 2.05) is 0 Å². The van der Waals surface area contributed by atoms with E-state index >= 15 is 0 Å². The van der Waals surface area contributed by atoms with E-state index in [4.69, 9.17) is 4.78 Å². The summed E-state index contributed by atoms with van der Waals surface area (Å²) in [5.74, 6) is 0. The van der Waals surface area contributed by atoms with Crippen LogP contribution in [-0.2, 0) is 26.5 Å². The molecule has 0 aliphatic carbocycles. The lowest BCUT2D eigenvalue weighted by molar-refractivity contribution is 0.607. The second-order valence-electron chi connectivity index (χ2n) is 4.77. The molecule has 0 bridgehead atoms. The molecular formula is C14H15NO4S3. The lowest BCUT2D eigenvalue weighted by Crippen LogP contribution is -2.17. The van der Waals surface area contributed by atoms with Crippen LogP contribution >= 0.6 is 0 Å². The molecule has 0 unspecified atom stereocenters. The molecule has 5 nitrogen and oxygen atoms in total. The summed E-state index contributed by atoms with van der Waals surface area (Å²) in [7, 11) is -11.1. The fourth-order valence-electron chi connectivity index (χ4n) is 1.70. The second kappa shape index (κ2) is 5.94. The van der Waals surface area contributed by atoms with Gasteiger partial charge in [0.05, 0.1) is 9.79 Å². The lowest BCUT2D eigenvalue weighted by atomic mass is 10.2. The third-order valence-corrected chi connectivity index (χ3v) is 12.3. The van der Waals surface area contributed by atoms with Crippen LogP contribution in [0.15, 0.2) is 58.3 Å². The standard InChI is InChI=1S/C14H15NO4S3/c1-11-3-7-13(8-4-11)21(16,17)20(15)22(18,19)14-9-5-12(2)6-10-14/h3-10,15H,1-2H3. The van der Waals surface area contributed by atoms with Crippen LogP contribution in [0.2, 0.25) is 0 Å². The first-order valence-corrected chi connectivity index (χ1v) is 11.5. The SMILES string of the molecule is Cc1ccc(S(=O)(=O)S(=N)S(=O)(=O)c2ccc(C)cc2)cc1. The summed E-state index contributed by atoms with van der Waals surface area (Å²) in [6, 6.07) is 11.6. The van der Waals surface area contributed by atoms with Crippen LogP contribution in [0, 0.1) is 18.6 Å². The predicted molar refractivity (Wildman–Crippen MR) is 86.8 cm³/mol. The first-order valence-electron chi connectivity index (χ1n) is 6.26.